The van der Waals surface area contributed by atoms with E-state index in [1.54, 1.807) is 13.8 Å². The molecule has 9 heteroatoms. The summed E-state index contributed by atoms with van der Waals surface area (Å²) >= 11 is 0. The summed E-state index contributed by atoms with van der Waals surface area (Å²) in [7, 11) is 0. The molecule has 23 heavy (non-hydrogen) atoms. The zero-order valence-electron chi connectivity index (χ0n) is 12.4. The molecular formula is C14H15F4N3O2. The number of hydrogen-bond donors (Lipinski definition) is 1. The van der Waals surface area contributed by atoms with Gasteiger partial charge in [0.2, 0.25) is 0 Å². The number of nitrogens with one attached hydrogen (secondary N) is 1. The number of halogens is 4. The summed E-state index contributed by atoms with van der Waals surface area (Å²) in [6.07, 6.45) is -5.90. The first-order chi connectivity index (χ1) is 10.8. The van der Waals surface area contributed by atoms with Crippen molar-refractivity contribution in [2.45, 2.75) is 39.3 Å². The van der Waals surface area contributed by atoms with Gasteiger partial charge in [-0.3, -0.25) is 9.48 Å². The average Bonchev–Trinajstić information content (AvgIpc) is 3.05. The summed E-state index contributed by atoms with van der Waals surface area (Å²) in [6, 6.07) is 3.35. The molecule has 0 unspecified atom stereocenters. The van der Waals surface area contributed by atoms with Gasteiger partial charge in [0.05, 0.1) is 6.54 Å². The first kappa shape index (κ1) is 17.0. The SMILES string of the molecule is CC(C)NC(=O)c1ccc(Cn2nc(C(F)F)cc2C(F)F)o1. The van der Waals surface area contributed by atoms with E-state index in [2.05, 4.69) is 10.4 Å². The van der Waals surface area contributed by atoms with E-state index >= 15 is 0 Å². The number of hydrogen-bond acceptors (Lipinski definition) is 3. The van der Waals surface area contributed by atoms with Gasteiger partial charge in [0.25, 0.3) is 18.8 Å². The van der Waals surface area contributed by atoms with Gasteiger partial charge in [0.15, 0.2) is 5.76 Å². The summed E-state index contributed by atoms with van der Waals surface area (Å²) < 4.78 is 57.0. The van der Waals surface area contributed by atoms with Gasteiger partial charge in [0.1, 0.15) is 17.1 Å². The first-order valence-electron chi connectivity index (χ1n) is 6.81. The maximum Gasteiger partial charge on any atom is 0.287 e. The Balaban J connectivity index is 2.19. The molecule has 0 aliphatic carbocycles. The second-order valence-corrected chi connectivity index (χ2v) is 5.15. The van der Waals surface area contributed by atoms with Gasteiger partial charge in [-0.1, -0.05) is 0 Å². The standard InChI is InChI=1S/C14H15F4N3O2/c1-7(2)19-14(22)11-4-3-8(23-11)6-21-10(13(17)18)5-9(20-21)12(15)16/h3-5,7,12-13H,6H2,1-2H3,(H,19,22). The van der Waals surface area contributed by atoms with Crippen LogP contribution in [0.15, 0.2) is 22.6 Å². The van der Waals surface area contributed by atoms with Crippen molar-refractivity contribution in [2.24, 2.45) is 0 Å². The molecule has 0 aliphatic heterocycles. The molecule has 2 rings (SSSR count). The molecule has 0 aliphatic rings. The molecule has 1 N–H and O–H groups in total. The topological polar surface area (TPSA) is 60.1 Å². The van der Waals surface area contributed by atoms with Crippen molar-refractivity contribution in [1.82, 2.24) is 15.1 Å². The Hall–Kier alpha value is -2.32. The summed E-state index contributed by atoms with van der Waals surface area (Å²) in [5, 5.41) is 6.07. The van der Waals surface area contributed by atoms with Crippen LogP contribution in [0.4, 0.5) is 17.6 Å². The molecule has 0 radical (unpaired) electrons. The second kappa shape index (κ2) is 6.84. The van der Waals surface area contributed by atoms with Gasteiger partial charge >= 0.3 is 0 Å². The predicted molar refractivity (Wildman–Crippen MR) is 72.6 cm³/mol. The van der Waals surface area contributed by atoms with Gasteiger partial charge in [-0.15, -0.1) is 0 Å². The van der Waals surface area contributed by atoms with Crippen molar-refractivity contribution in [3.05, 3.63) is 41.1 Å². The van der Waals surface area contributed by atoms with E-state index in [4.69, 9.17) is 4.42 Å². The Kier molecular flexibility index (Phi) is 5.07. The lowest BCUT2D eigenvalue weighted by Gasteiger charge is -2.06. The van der Waals surface area contributed by atoms with E-state index in [0.717, 1.165) is 4.68 Å². The van der Waals surface area contributed by atoms with Crippen LogP contribution in [-0.2, 0) is 6.54 Å². The Bertz CT molecular complexity index is 679. The highest BCUT2D eigenvalue weighted by atomic mass is 19.3. The van der Waals surface area contributed by atoms with E-state index in [1.165, 1.54) is 12.1 Å². The molecule has 0 spiro atoms. The van der Waals surface area contributed by atoms with Crippen LogP contribution in [0.25, 0.3) is 0 Å². The fourth-order valence-corrected chi connectivity index (χ4v) is 1.93. The monoisotopic (exact) mass is 333 g/mol. The predicted octanol–water partition coefficient (Wildman–Crippen LogP) is 3.54. The zero-order chi connectivity index (χ0) is 17.1. The van der Waals surface area contributed by atoms with Crippen LogP contribution in [0.2, 0.25) is 0 Å². The van der Waals surface area contributed by atoms with Crippen molar-refractivity contribution < 1.29 is 26.8 Å². The third-order valence-corrected chi connectivity index (χ3v) is 2.89. The lowest BCUT2D eigenvalue weighted by atomic mass is 10.3. The number of nitrogens with zero attached hydrogens (tertiary/aromatic N) is 2. The van der Waals surface area contributed by atoms with E-state index in [-0.39, 0.29) is 24.1 Å². The van der Waals surface area contributed by atoms with Crippen molar-refractivity contribution in [3.8, 4) is 0 Å². The summed E-state index contributed by atoms with van der Waals surface area (Å²) in [6.45, 7) is 3.26. The minimum Gasteiger partial charge on any atom is -0.454 e. The number of carbonyl (C=O) groups excluding carboxylic acids is 1. The lowest BCUT2D eigenvalue weighted by Crippen LogP contribution is -2.29. The van der Waals surface area contributed by atoms with Crippen LogP contribution in [0.3, 0.4) is 0 Å². The molecule has 0 bridgehead atoms. The smallest absolute Gasteiger partial charge is 0.287 e. The molecule has 0 saturated carbocycles. The lowest BCUT2D eigenvalue weighted by molar-refractivity contribution is 0.0912. The van der Waals surface area contributed by atoms with Gasteiger partial charge < -0.3 is 9.73 Å². The molecule has 2 aromatic heterocycles. The van der Waals surface area contributed by atoms with Crippen molar-refractivity contribution in [2.75, 3.05) is 0 Å². The van der Waals surface area contributed by atoms with Crippen LogP contribution in [0.5, 0.6) is 0 Å². The van der Waals surface area contributed by atoms with Crippen molar-refractivity contribution in [1.29, 1.82) is 0 Å². The van der Waals surface area contributed by atoms with Gasteiger partial charge in [-0.05, 0) is 32.0 Å². The molecule has 1 amide bonds. The van der Waals surface area contributed by atoms with Crippen LogP contribution < -0.4 is 5.32 Å². The minimum absolute atomic E-state index is 0.00790. The molecule has 0 atom stereocenters. The fourth-order valence-electron chi connectivity index (χ4n) is 1.93. The maximum absolute atomic E-state index is 12.9. The quantitative estimate of drug-likeness (QED) is 0.823. The Morgan fingerprint density at radius 2 is 1.96 bits per heavy atom. The Labute approximate surface area is 129 Å². The third kappa shape index (κ3) is 4.11. The highest BCUT2D eigenvalue weighted by Crippen LogP contribution is 2.25. The summed E-state index contributed by atoms with van der Waals surface area (Å²) in [5.41, 5.74) is -1.37. The van der Waals surface area contributed by atoms with Crippen molar-refractivity contribution >= 4 is 5.91 Å². The molecule has 0 fully saturated rings. The fraction of sp³-hybridized carbons (Fsp3) is 0.429. The highest BCUT2D eigenvalue weighted by Gasteiger charge is 2.22. The third-order valence-electron chi connectivity index (χ3n) is 2.89. The van der Waals surface area contributed by atoms with Crippen LogP contribution >= 0.6 is 0 Å². The van der Waals surface area contributed by atoms with Gasteiger partial charge in [-0.2, -0.15) is 5.10 Å². The maximum atomic E-state index is 12.9. The molecule has 5 nitrogen and oxygen atoms in total. The highest BCUT2D eigenvalue weighted by molar-refractivity contribution is 5.91. The normalized spacial score (nSPS) is 11.7. The summed E-state index contributed by atoms with van der Waals surface area (Å²) in [4.78, 5) is 11.7. The summed E-state index contributed by atoms with van der Waals surface area (Å²) in [5.74, 6) is -0.285. The number of alkyl halides is 4. The Morgan fingerprint density at radius 1 is 1.26 bits per heavy atom. The van der Waals surface area contributed by atoms with Gasteiger partial charge in [0, 0.05) is 6.04 Å². The average molecular weight is 333 g/mol. The van der Waals surface area contributed by atoms with E-state index < -0.39 is 30.1 Å². The minimum atomic E-state index is -2.95. The molecular weight excluding hydrogens is 318 g/mol. The molecule has 126 valence electrons. The number of aromatic nitrogens is 2. The van der Waals surface area contributed by atoms with Crippen molar-refractivity contribution in [3.63, 3.8) is 0 Å². The first-order valence-corrected chi connectivity index (χ1v) is 6.81. The number of amides is 1. The molecule has 0 aromatic carbocycles. The molecule has 2 heterocycles. The molecule has 0 saturated heterocycles. The number of rotatable bonds is 6. The van der Waals surface area contributed by atoms with E-state index in [9.17, 15) is 22.4 Å². The van der Waals surface area contributed by atoms with Crippen LogP contribution in [-0.4, -0.2) is 21.7 Å². The Morgan fingerprint density at radius 3 is 2.52 bits per heavy atom. The molecule has 2 aromatic rings. The number of furan rings is 1. The second-order valence-electron chi connectivity index (χ2n) is 5.15. The van der Waals surface area contributed by atoms with E-state index in [1.807, 2.05) is 0 Å². The van der Waals surface area contributed by atoms with Crippen LogP contribution in [0, 0.1) is 0 Å². The number of carbonyl (C=O) groups is 1. The van der Waals surface area contributed by atoms with Gasteiger partial charge in [-0.25, -0.2) is 17.6 Å². The van der Waals surface area contributed by atoms with Crippen LogP contribution in [0.1, 0.15) is 54.4 Å². The largest absolute Gasteiger partial charge is 0.454 e. The zero-order valence-corrected chi connectivity index (χ0v) is 12.4. The van der Waals surface area contributed by atoms with E-state index in [0.29, 0.717) is 6.07 Å².